The van der Waals surface area contributed by atoms with Gasteiger partial charge in [-0.05, 0) is 55.9 Å². The number of hydrogen-bond acceptors (Lipinski definition) is 6. The summed E-state index contributed by atoms with van der Waals surface area (Å²) in [7, 11) is 0. The molecule has 3 N–H and O–H groups in total. The molecule has 46 heavy (non-hydrogen) atoms. The maximum Gasteiger partial charge on any atom is 0.407 e. The maximum absolute atomic E-state index is 14.7. The number of rotatable bonds is 8. The first-order valence-corrected chi connectivity index (χ1v) is 17.3. The van der Waals surface area contributed by atoms with Crippen molar-refractivity contribution in [3.05, 3.63) is 29.8 Å². The highest BCUT2D eigenvalue weighted by Gasteiger charge is 2.56. The van der Waals surface area contributed by atoms with Crippen molar-refractivity contribution >= 4 is 23.8 Å². The van der Waals surface area contributed by atoms with Crippen LogP contribution in [0.15, 0.2) is 24.3 Å². The number of piperazine rings is 1. The number of carbonyl (C=O) groups is 4. The zero-order chi connectivity index (χ0) is 32.7. The Labute approximate surface area is 272 Å². The Kier molecular flexibility index (Phi) is 9.24. The minimum atomic E-state index is -1.17. The molecule has 3 heterocycles. The van der Waals surface area contributed by atoms with Crippen LogP contribution in [-0.4, -0.2) is 100 Å². The largest absolute Gasteiger partial charge is 0.493 e. The van der Waals surface area contributed by atoms with Gasteiger partial charge in [0, 0.05) is 43.7 Å². The minimum absolute atomic E-state index is 0.0700. The Hall–Kier alpha value is -3.34. The van der Waals surface area contributed by atoms with Crippen molar-refractivity contribution in [2.24, 2.45) is 17.3 Å². The standard InChI is InChI=1S/C35H51N5O6/c1-21(40(34(44)45)20-35(2,3)4)31(41)37-30(22-10-6-5-7-11-22)33(43)39-18-24-16-23-17-27(23)38(24)19-28(39)32(42)36-26-14-15-46-29-13-9-8-12-25(26)29/h8-9,12-13,21-24,26-28,30H,5-7,10-11,14-20H2,1-4H3,(H,36,42)(H,37,41)(H,44,45)/t21-,23+,24+,26+,27-,28-,30-/m0/s1. The van der Waals surface area contributed by atoms with Gasteiger partial charge in [-0.15, -0.1) is 0 Å². The molecule has 0 spiro atoms. The highest BCUT2D eigenvalue weighted by molar-refractivity contribution is 5.94. The molecule has 0 aromatic heterocycles. The number of hydrogen-bond donors (Lipinski definition) is 3. The number of carboxylic acid groups (broad SMARTS) is 1. The third-order valence-corrected chi connectivity index (χ3v) is 10.8. The van der Waals surface area contributed by atoms with Crippen LogP contribution < -0.4 is 15.4 Å². The highest BCUT2D eigenvalue weighted by Crippen LogP contribution is 2.49. The molecule has 0 bridgehead atoms. The fourth-order valence-corrected chi connectivity index (χ4v) is 8.32. The van der Waals surface area contributed by atoms with Gasteiger partial charge in [0.15, 0.2) is 0 Å². The first kappa shape index (κ1) is 32.6. The van der Waals surface area contributed by atoms with Crippen LogP contribution in [0.2, 0.25) is 0 Å². The molecular weight excluding hydrogens is 586 g/mol. The quantitative estimate of drug-likeness (QED) is 0.396. The van der Waals surface area contributed by atoms with Gasteiger partial charge < -0.3 is 25.4 Å². The zero-order valence-electron chi connectivity index (χ0n) is 27.7. The molecule has 6 rings (SSSR count). The van der Waals surface area contributed by atoms with Gasteiger partial charge in [0.05, 0.1) is 12.6 Å². The lowest BCUT2D eigenvalue weighted by Gasteiger charge is -2.46. The summed E-state index contributed by atoms with van der Waals surface area (Å²) in [5, 5.41) is 16.3. The molecule has 7 atom stereocenters. The third-order valence-electron chi connectivity index (χ3n) is 10.8. The van der Waals surface area contributed by atoms with E-state index in [0.717, 1.165) is 61.2 Å². The lowest BCUT2D eigenvalue weighted by molar-refractivity contribution is -0.150. The van der Waals surface area contributed by atoms with Crippen LogP contribution in [0, 0.1) is 17.3 Å². The van der Waals surface area contributed by atoms with Gasteiger partial charge in [-0.25, -0.2) is 4.79 Å². The van der Waals surface area contributed by atoms with E-state index in [9.17, 15) is 24.3 Å². The van der Waals surface area contributed by atoms with Crippen LogP contribution in [0.4, 0.5) is 4.79 Å². The second-order valence-corrected chi connectivity index (χ2v) is 15.4. The third kappa shape index (κ3) is 6.85. The number of nitrogens with one attached hydrogen (secondary N) is 2. The zero-order valence-corrected chi connectivity index (χ0v) is 27.7. The predicted molar refractivity (Wildman–Crippen MR) is 172 cm³/mol. The Morgan fingerprint density at radius 2 is 1.78 bits per heavy atom. The number of benzene rings is 1. The number of carbonyl (C=O) groups excluding carboxylic acids is 3. The number of fused-ring (bicyclic) bond motifs is 4. The summed E-state index contributed by atoms with van der Waals surface area (Å²) >= 11 is 0. The minimum Gasteiger partial charge on any atom is -0.493 e. The lowest BCUT2D eigenvalue weighted by Crippen LogP contribution is -2.67. The summed E-state index contributed by atoms with van der Waals surface area (Å²) in [5.41, 5.74) is 0.593. The molecule has 3 aliphatic heterocycles. The SMILES string of the molecule is C[C@@H](C(=O)N[C@H](C(=O)N1C[C@H]2C[C@@H]3C[C@@H]3N2C[C@H]1C(=O)N[C@@H]1CCOc2ccccc21)C1CCCCC1)N(CC(C)(C)C)C(=O)O. The summed E-state index contributed by atoms with van der Waals surface area (Å²) in [6, 6.07) is 5.76. The average Bonchev–Trinajstić information content (AvgIpc) is 3.71. The van der Waals surface area contributed by atoms with Gasteiger partial charge in [-0.2, -0.15) is 0 Å². The van der Waals surface area contributed by atoms with Crippen molar-refractivity contribution in [2.75, 3.05) is 26.2 Å². The van der Waals surface area contributed by atoms with Crippen molar-refractivity contribution < 1.29 is 29.0 Å². The maximum atomic E-state index is 14.7. The summed E-state index contributed by atoms with van der Waals surface area (Å²) in [6.07, 6.45) is 6.29. The molecule has 11 nitrogen and oxygen atoms in total. The first-order chi connectivity index (χ1) is 21.9. The van der Waals surface area contributed by atoms with E-state index in [1.807, 2.05) is 45.0 Å². The molecule has 0 unspecified atom stereocenters. The number of piperidine rings is 1. The van der Waals surface area contributed by atoms with E-state index in [2.05, 4.69) is 15.5 Å². The monoisotopic (exact) mass is 637 g/mol. The predicted octanol–water partition coefficient (Wildman–Crippen LogP) is 3.78. The van der Waals surface area contributed by atoms with Crippen LogP contribution in [0.3, 0.4) is 0 Å². The molecule has 4 amide bonds. The van der Waals surface area contributed by atoms with Crippen LogP contribution in [0.1, 0.15) is 90.7 Å². The molecule has 1 aromatic rings. The Balaban J connectivity index is 1.25. The molecule has 5 aliphatic rings. The molecule has 2 aliphatic carbocycles. The molecule has 0 radical (unpaired) electrons. The van der Waals surface area contributed by atoms with Crippen LogP contribution >= 0.6 is 0 Å². The smallest absolute Gasteiger partial charge is 0.407 e. The van der Waals surface area contributed by atoms with E-state index in [-0.39, 0.29) is 41.8 Å². The van der Waals surface area contributed by atoms with Crippen molar-refractivity contribution in [1.29, 1.82) is 0 Å². The van der Waals surface area contributed by atoms with E-state index < -0.39 is 30.1 Å². The normalized spacial score (nSPS) is 28.9. The Morgan fingerprint density at radius 3 is 2.50 bits per heavy atom. The van der Waals surface area contributed by atoms with Gasteiger partial charge >= 0.3 is 6.09 Å². The van der Waals surface area contributed by atoms with Gasteiger partial charge in [0.1, 0.15) is 23.9 Å². The second-order valence-electron chi connectivity index (χ2n) is 15.4. The fraction of sp³-hybridized carbons (Fsp3) is 0.714. The highest BCUT2D eigenvalue weighted by atomic mass is 16.5. The Morgan fingerprint density at radius 1 is 1.04 bits per heavy atom. The van der Waals surface area contributed by atoms with Gasteiger partial charge in [-0.3, -0.25) is 24.2 Å². The van der Waals surface area contributed by atoms with Crippen LogP contribution in [0.25, 0.3) is 0 Å². The number of para-hydroxylation sites is 1. The van der Waals surface area contributed by atoms with E-state index in [1.165, 1.54) is 0 Å². The van der Waals surface area contributed by atoms with Crippen molar-refractivity contribution in [1.82, 2.24) is 25.3 Å². The number of nitrogens with zero attached hydrogens (tertiary/aromatic N) is 3. The topological polar surface area (TPSA) is 132 Å². The summed E-state index contributed by atoms with van der Waals surface area (Å²) in [6.45, 7) is 8.99. The summed E-state index contributed by atoms with van der Waals surface area (Å²) in [5.74, 6) is 0.452. The van der Waals surface area contributed by atoms with Gasteiger partial charge in [0.2, 0.25) is 17.7 Å². The number of ether oxygens (including phenoxy) is 1. The molecule has 2 saturated carbocycles. The summed E-state index contributed by atoms with van der Waals surface area (Å²) < 4.78 is 5.82. The molecule has 252 valence electrons. The lowest BCUT2D eigenvalue weighted by atomic mass is 9.82. The van der Waals surface area contributed by atoms with Gasteiger partial charge in [-0.1, -0.05) is 58.2 Å². The second kappa shape index (κ2) is 13.0. The van der Waals surface area contributed by atoms with Crippen LogP contribution in [0.5, 0.6) is 5.75 Å². The fourth-order valence-electron chi connectivity index (χ4n) is 8.32. The molecule has 11 heteroatoms. The number of amides is 4. The molecule has 4 fully saturated rings. The average molecular weight is 638 g/mol. The van der Waals surface area contributed by atoms with E-state index >= 15 is 0 Å². The molecular formula is C35H51N5O6. The van der Waals surface area contributed by atoms with Gasteiger partial charge in [0.25, 0.3) is 0 Å². The van der Waals surface area contributed by atoms with E-state index in [4.69, 9.17) is 4.74 Å². The van der Waals surface area contributed by atoms with E-state index in [1.54, 1.807) is 11.8 Å². The Bertz CT molecular complexity index is 1320. The molecule has 2 saturated heterocycles. The van der Waals surface area contributed by atoms with Crippen LogP contribution in [-0.2, 0) is 14.4 Å². The van der Waals surface area contributed by atoms with E-state index in [0.29, 0.717) is 38.1 Å². The first-order valence-electron chi connectivity index (χ1n) is 17.3. The summed E-state index contributed by atoms with van der Waals surface area (Å²) in [4.78, 5) is 60.2. The van der Waals surface area contributed by atoms with Crippen molar-refractivity contribution in [3.8, 4) is 5.75 Å². The van der Waals surface area contributed by atoms with Crippen molar-refractivity contribution in [3.63, 3.8) is 0 Å². The molecule has 1 aromatic carbocycles. The van der Waals surface area contributed by atoms with Crippen molar-refractivity contribution in [2.45, 2.75) is 115 Å².